The number of carbonyl (C=O) groups is 1. The predicted octanol–water partition coefficient (Wildman–Crippen LogP) is 1.44. The van der Waals surface area contributed by atoms with Crippen molar-refractivity contribution in [1.29, 1.82) is 0 Å². The molecule has 6 nitrogen and oxygen atoms in total. The van der Waals surface area contributed by atoms with Crippen LogP contribution in [0.15, 0.2) is 17.0 Å². The third kappa shape index (κ3) is 3.90. The Morgan fingerprint density at radius 3 is 2.42 bits per heavy atom. The third-order valence-corrected chi connectivity index (χ3v) is 6.18. The van der Waals surface area contributed by atoms with E-state index in [9.17, 15) is 22.0 Å². The molecule has 24 heavy (non-hydrogen) atoms. The smallest absolute Gasteiger partial charge is 0.317 e. The van der Waals surface area contributed by atoms with Crippen LogP contribution in [0.5, 0.6) is 0 Å². The number of sulfonamides is 1. The number of rotatable bonds is 5. The summed E-state index contributed by atoms with van der Waals surface area (Å²) in [6, 6.07) is 1.53. The van der Waals surface area contributed by atoms with Gasteiger partial charge >= 0.3 is 5.97 Å². The van der Waals surface area contributed by atoms with Gasteiger partial charge in [-0.2, -0.15) is 4.31 Å². The van der Waals surface area contributed by atoms with Gasteiger partial charge in [0.05, 0.1) is 6.54 Å². The Bertz CT molecular complexity index is 731. The first kappa shape index (κ1) is 18.8. The number of carboxylic acids is 1. The minimum atomic E-state index is -4.05. The Kier molecular flexibility index (Phi) is 5.56. The van der Waals surface area contributed by atoms with Crippen molar-refractivity contribution in [2.75, 3.05) is 26.7 Å². The van der Waals surface area contributed by atoms with Crippen molar-refractivity contribution in [3.63, 3.8) is 0 Å². The zero-order valence-corrected chi connectivity index (χ0v) is 14.3. The van der Waals surface area contributed by atoms with Crippen molar-refractivity contribution in [3.05, 3.63) is 29.3 Å². The molecular formula is C15H20F2N2O4S. The van der Waals surface area contributed by atoms with Crippen LogP contribution in [-0.2, 0) is 14.8 Å². The molecule has 0 bridgehead atoms. The molecule has 0 atom stereocenters. The molecular weight excluding hydrogens is 342 g/mol. The average Bonchev–Trinajstić information content (AvgIpc) is 2.50. The van der Waals surface area contributed by atoms with Crippen molar-refractivity contribution in [1.82, 2.24) is 9.21 Å². The van der Waals surface area contributed by atoms with E-state index in [0.29, 0.717) is 18.9 Å². The lowest BCUT2D eigenvalue weighted by atomic mass is 10.1. The normalized spacial score (nSPS) is 17.4. The number of carboxylic acid groups (broad SMARTS) is 1. The second-order valence-electron chi connectivity index (χ2n) is 5.98. The van der Waals surface area contributed by atoms with Gasteiger partial charge in [-0.25, -0.2) is 17.2 Å². The molecule has 1 aliphatic heterocycles. The summed E-state index contributed by atoms with van der Waals surface area (Å²) in [6.07, 6.45) is 0.898. The average molecular weight is 362 g/mol. The molecule has 1 aliphatic rings. The maximum atomic E-state index is 13.9. The monoisotopic (exact) mass is 362 g/mol. The highest BCUT2D eigenvalue weighted by atomic mass is 32.2. The minimum Gasteiger partial charge on any atom is -0.480 e. The van der Waals surface area contributed by atoms with Gasteiger partial charge in [0.1, 0.15) is 16.5 Å². The number of aliphatic carboxylic acids is 1. The molecule has 134 valence electrons. The van der Waals surface area contributed by atoms with Crippen LogP contribution in [0.1, 0.15) is 18.4 Å². The molecule has 0 saturated carbocycles. The number of piperidine rings is 1. The molecule has 1 aromatic carbocycles. The summed E-state index contributed by atoms with van der Waals surface area (Å²) in [5.74, 6) is -2.85. The van der Waals surface area contributed by atoms with Crippen molar-refractivity contribution in [3.8, 4) is 0 Å². The molecule has 0 amide bonds. The number of benzene rings is 1. The Morgan fingerprint density at radius 1 is 1.29 bits per heavy atom. The molecule has 9 heteroatoms. The number of likely N-dealkylation sites (N-methyl/N-ethyl adjacent to an activating group) is 1. The molecule has 0 aliphatic carbocycles. The summed E-state index contributed by atoms with van der Waals surface area (Å²) in [6.45, 7) is 1.57. The van der Waals surface area contributed by atoms with E-state index in [4.69, 9.17) is 5.11 Å². The predicted molar refractivity (Wildman–Crippen MR) is 83.1 cm³/mol. The lowest BCUT2D eigenvalue weighted by molar-refractivity contribution is -0.138. The highest BCUT2D eigenvalue weighted by molar-refractivity contribution is 7.89. The van der Waals surface area contributed by atoms with Crippen molar-refractivity contribution < 1.29 is 27.1 Å². The molecule has 0 unspecified atom stereocenters. The van der Waals surface area contributed by atoms with Gasteiger partial charge in [-0.15, -0.1) is 0 Å². The third-order valence-electron chi connectivity index (χ3n) is 4.26. The van der Waals surface area contributed by atoms with E-state index in [1.165, 1.54) is 6.92 Å². The number of hydrogen-bond acceptors (Lipinski definition) is 4. The van der Waals surface area contributed by atoms with Gasteiger partial charge in [0, 0.05) is 25.2 Å². The largest absolute Gasteiger partial charge is 0.480 e. The Hall–Kier alpha value is -1.58. The van der Waals surface area contributed by atoms with E-state index in [1.807, 2.05) is 0 Å². The fourth-order valence-electron chi connectivity index (χ4n) is 2.83. The molecule has 0 spiro atoms. The van der Waals surface area contributed by atoms with Crippen molar-refractivity contribution >= 4 is 16.0 Å². The van der Waals surface area contributed by atoms with Gasteiger partial charge in [-0.05, 0) is 38.4 Å². The second kappa shape index (κ2) is 7.12. The molecule has 1 heterocycles. The Morgan fingerprint density at radius 2 is 1.88 bits per heavy atom. The van der Waals surface area contributed by atoms with Crippen LogP contribution in [-0.4, -0.2) is 61.4 Å². The van der Waals surface area contributed by atoms with Crippen LogP contribution in [0, 0.1) is 18.6 Å². The summed E-state index contributed by atoms with van der Waals surface area (Å²) in [7, 11) is -2.37. The number of nitrogens with zero attached hydrogens (tertiary/aromatic N) is 2. The fraction of sp³-hybridized carbons (Fsp3) is 0.533. The van der Waals surface area contributed by atoms with Gasteiger partial charge in [-0.3, -0.25) is 9.69 Å². The van der Waals surface area contributed by atoms with Crippen LogP contribution in [0.3, 0.4) is 0 Å². The zero-order chi connectivity index (χ0) is 18.1. The summed E-state index contributed by atoms with van der Waals surface area (Å²) < 4.78 is 53.6. The first-order valence-corrected chi connectivity index (χ1v) is 8.94. The fourth-order valence-corrected chi connectivity index (χ4v) is 4.43. The lowest BCUT2D eigenvalue weighted by Gasteiger charge is -2.35. The number of aryl methyl sites for hydroxylation is 1. The molecule has 2 rings (SSSR count). The van der Waals surface area contributed by atoms with Crippen LogP contribution < -0.4 is 0 Å². The maximum absolute atomic E-state index is 13.9. The lowest BCUT2D eigenvalue weighted by Crippen LogP contribution is -2.46. The molecule has 0 radical (unpaired) electrons. The van der Waals surface area contributed by atoms with E-state index < -0.39 is 32.5 Å². The van der Waals surface area contributed by atoms with Crippen LogP contribution in [0.2, 0.25) is 0 Å². The summed E-state index contributed by atoms with van der Waals surface area (Å²) in [5, 5.41) is 8.80. The van der Waals surface area contributed by atoms with Gasteiger partial charge in [0.2, 0.25) is 10.0 Å². The minimum absolute atomic E-state index is 0.0487. The quantitative estimate of drug-likeness (QED) is 0.858. The maximum Gasteiger partial charge on any atom is 0.317 e. The molecule has 0 aromatic heterocycles. The Balaban J connectivity index is 2.13. The van der Waals surface area contributed by atoms with Crippen LogP contribution in [0.25, 0.3) is 0 Å². The summed E-state index contributed by atoms with van der Waals surface area (Å²) >= 11 is 0. The van der Waals surface area contributed by atoms with E-state index >= 15 is 0 Å². The first-order chi connectivity index (χ1) is 11.1. The van der Waals surface area contributed by atoms with Crippen molar-refractivity contribution in [2.45, 2.75) is 30.7 Å². The van der Waals surface area contributed by atoms with Crippen LogP contribution in [0.4, 0.5) is 8.78 Å². The van der Waals surface area contributed by atoms with Gasteiger partial charge in [0.25, 0.3) is 0 Å². The standard InChI is InChI=1S/C15H20F2N2O4S/c1-10-7-14(13(17)8-12(10)16)24(22,23)19-5-3-11(4-6-19)18(2)9-15(20)21/h7-8,11H,3-6,9H2,1-2H3,(H,20,21). The molecule has 1 aromatic rings. The van der Waals surface area contributed by atoms with Crippen molar-refractivity contribution in [2.24, 2.45) is 0 Å². The topological polar surface area (TPSA) is 77.9 Å². The Labute approximate surface area is 139 Å². The zero-order valence-electron chi connectivity index (χ0n) is 13.5. The van der Waals surface area contributed by atoms with Gasteiger partial charge in [0.15, 0.2) is 0 Å². The number of hydrogen-bond donors (Lipinski definition) is 1. The van der Waals surface area contributed by atoms with E-state index in [0.717, 1.165) is 10.4 Å². The summed E-state index contributed by atoms with van der Waals surface area (Å²) in [4.78, 5) is 11.9. The highest BCUT2D eigenvalue weighted by Crippen LogP contribution is 2.26. The molecule has 1 fully saturated rings. The SMILES string of the molecule is Cc1cc(S(=O)(=O)N2CCC(N(C)CC(=O)O)CC2)c(F)cc1F. The van der Waals surface area contributed by atoms with E-state index in [-0.39, 0.29) is 31.2 Å². The number of halogens is 2. The van der Waals surface area contributed by atoms with E-state index in [1.54, 1.807) is 11.9 Å². The summed E-state index contributed by atoms with van der Waals surface area (Å²) in [5.41, 5.74) is 0.0612. The first-order valence-electron chi connectivity index (χ1n) is 7.50. The highest BCUT2D eigenvalue weighted by Gasteiger charge is 2.33. The molecule has 1 saturated heterocycles. The second-order valence-corrected chi connectivity index (χ2v) is 7.88. The van der Waals surface area contributed by atoms with Crippen LogP contribution >= 0.6 is 0 Å². The molecule has 1 N–H and O–H groups in total. The van der Waals surface area contributed by atoms with E-state index in [2.05, 4.69) is 0 Å². The van der Waals surface area contributed by atoms with Gasteiger partial charge in [-0.1, -0.05) is 0 Å². The van der Waals surface area contributed by atoms with Gasteiger partial charge < -0.3 is 5.11 Å².